The number of allylic oxidation sites excluding steroid dienone is 1. The van der Waals surface area contributed by atoms with Gasteiger partial charge >= 0.3 is 5.97 Å². The second-order valence-corrected chi connectivity index (χ2v) is 7.39. The van der Waals surface area contributed by atoms with Crippen molar-refractivity contribution in [3.8, 4) is 5.75 Å². The third-order valence-electron chi connectivity index (χ3n) is 4.10. The molecule has 5 heteroatoms. The summed E-state index contributed by atoms with van der Waals surface area (Å²) in [7, 11) is 0. The number of rotatable bonds is 7. The molecule has 2 aromatic rings. The fourth-order valence-corrected chi connectivity index (χ4v) is 3.27. The lowest BCUT2D eigenvalue weighted by Gasteiger charge is -2.18. The fourth-order valence-electron chi connectivity index (χ4n) is 2.86. The van der Waals surface area contributed by atoms with Gasteiger partial charge in [0.25, 0.3) is 0 Å². The number of carbonyl (C=O) groups is 2. The van der Waals surface area contributed by atoms with Crippen molar-refractivity contribution in [1.82, 2.24) is 0 Å². The van der Waals surface area contributed by atoms with Gasteiger partial charge in [-0.2, -0.15) is 0 Å². The number of ether oxygens (including phenoxy) is 1. The van der Waals surface area contributed by atoms with Crippen LogP contribution in [-0.2, 0) is 0 Å². The number of hydrogen-bond donors (Lipinski definition) is 1. The molecule has 0 aliphatic rings. The molecule has 0 aliphatic carbocycles. The Hall–Kier alpha value is -2.53. The zero-order valence-corrected chi connectivity index (χ0v) is 17.0. The zero-order chi connectivity index (χ0) is 20.1. The first-order valence-corrected chi connectivity index (χ1v) is 9.87. The number of aryl methyl sites for hydroxylation is 1. The molecule has 0 radical (unpaired) electrons. The van der Waals surface area contributed by atoms with Crippen LogP contribution in [0.1, 0.15) is 51.3 Å². The number of thioether (sulfide) groups is 1. The second kappa shape index (κ2) is 8.91. The monoisotopic (exact) mass is 384 g/mol. The third-order valence-corrected chi connectivity index (χ3v) is 4.84. The molecule has 2 aromatic carbocycles. The van der Waals surface area contributed by atoms with E-state index in [0.29, 0.717) is 28.0 Å². The van der Waals surface area contributed by atoms with Crippen LogP contribution in [0.2, 0.25) is 0 Å². The molecule has 0 aliphatic heterocycles. The molecule has 142 valence electrons. The minimum absolute atomic E-state index is 0.115. The van der Waals surface area contributed by atoms with Crippen LogP contribution in [0, 0.1) is 13.8 Å². The fraction of sp³-hybridized carbons (Fsp3) is 0.273. The molecule has 0 bridgehead atoms. The SMILES string of the molecule is CSc1ccc(C(=O)C=Cc2cc(C)c(C(=O)O)c(C)c2OC(C)C)cc1. The number of carbonyl (C=O) groups excluding carboxylic acids is 1. The molecular weight excluding hydrogens is 360 g/mol. The molecule has 0 saturated heterocycles. The van der Waals surface area contributed by atoms with Gasteiger partial charge in [0, 0.05) is 21.6 Å². The Morgan fingerprint density at radius 3 is 2.30 bits per heavy atom. The smallest absolute Gasteiger partial charge is 0.336 e. The molecule has 4 nitrogen and oxygen atoms in total. The highest BCUT2D eigenvalue weighted by atomic mass is 32.2. The maximum atomic E-state index is 12.5. The summed E-state index contributed by atoms with van der Waals surface area (Å²) in [6.07, 6.45) is 5.05. The van der Waals surface area contributed by atoms with Gasteiger partial charge in [0.05, 0.1) is 11.7 Å². The van der Waals surface area contributed by atoms with Gasteiger partial charge in [-0.15, -0.1) is 11.8 Å². The molecule has 0 fully saturated rings. The molecule has 1 N–H and O–H groups in total. The van der Waals surface area contributed by atoms with E-state index >= 15 is 0 Å². The Kier molecular flexibility index (Phi) is 6.86. The van der Waals surface area contributed by atoms with Gasteiger partial charge in [0.1, 0.15) is 5.75 Å². The first-order valence-electron chi connectivity index (χ1n) is 8.65. The third kappa shape index (κ3) is 5.01. The normalized spacial score (nSPS) is 11.2. The molecule has 2 rings (SSSR count). The summed E-state index contributed by atoms with van der Waals surface area (Å²) in [4.78, 5) is 25.1. The lowest BCUT2D eigenvalue weighted by Crippen LogP contribution is -2.12. The van der Waals surface area contributed by atoms with E-state index in [0.717, 1.165) is 4.90 Å². The molecule has 27 heavy (non-hydrogen) atoms. The summed E-state index contributed by atoms with van der Waals surface area (Å²) in [5.74, 6) is -0.607. The zero-order valence-electron chi connectivity index (χ0n) is 16.2. The van der Waals surface area contributed by atoms with Gasteiger partial charge in [0.15, 0.2) is 5.78 Å². The number of carboxylic acid groups (broad SMARTS) is 1. The number of hydrogen-bond acceptors (Lipinski definition) is 4. The van der Waals surface area contributed by atoms with Crippen LogP contribution in [0.25, 0.3) is 6.08 Å². The predicted molar refractivity (Wildman–Crippen MR) is 110 cm³/mol. The number of aromatic carboxylic acids is 1. The summed E-state index contributed by atoms with van der Waals surface area (Å²) in [5, 5.41) is 9.48. The van der Waals surface area contributed by atoms with Crippen molar-refractivity contribution < 1.29 is 19.4 Å². The molecule has 0 aromatic heterocycles. The van der Waals surface area contributed by atoms with Crippen LogP contribution in [0.5, 0.6) is 5.75 Å². The highest BCUT2D eigenvalue weighted by Crippen LogP contribution is 2.31. The molecule has 0 unspecified atom stereocenters. The standard InChI is InChI=1S/C22H24O4S/c1-13(2)26-21-15(4)20(22(24)25)14(3)12-17(21)8-11-19(23)16-6-9-18(27-5)10-7-16/h6-13H,1-5H3,(H,24,25). The minimum Gasteiger partial charge on any atom is -0.490 e. The van der Waals surface area contributed by atoms with Crippen molar-refractivity contribution >= 4 is 29.6 Å². The van der Waals surface area contributed by atoms with Crippen molar-refractivity contribution in [3.05, 3.63) is 64.2 Å². The average molecular weight is 384 g/mol. The Morgan fingerprint density at radius 1 is 1.15 bits per heavy atom. The second-order valence-electron chi connectivity index (χ2n) is 6.51. The van der Waals surface area contributed by atoms with Crippen LogP contribution in [-0.4, -0.2) is 29.2 Å². The lowest BCUT2D eigenvalue weighted by molar-refractivity contribution is 0.0694. The summed E-state index contributed by atoms with van der Waals surface area (Å²) in [6.45, 7) is 7.24. The van der Waals surface area contributed by atoms with Crippen molar-refractivity contribution in [2.24, 2.45) is 0 Å². The van der Waals surface area contributed by atoms with E-state index < -0.39 is 5.97 Å². The largest absolute Gasteiger partial charge is 0.490 e. The van der Waals surface area contributed by atoms with E-state index in [-0.39, 0.29) is 17.5 Å². The van der Waals surface area contributed by atoms with E-state index in [4.69, 9.17) is 4.74 Å². The highest BCUT2D eigenvalue weighted by Gasteiger charge is 2.19. The molecule has 0 spiro atoms. The number of benzene rings is 2. The van der Waals surface area contributed by atoms with Crippen LogP contribution < -0.4 is 4.74 Å². The maximum absolute atomic E-state index is 12.5. The summed E-state index contributed by atoms with van der Waals surface area (Å²) < 4.78 is 5.86. The van der Waals surface area contributed by atoms with Gasteiger partial charge in [-0.05, 0) is 82.0 Å². The van der Waals surface area contributed by atoms with Crippen LogP contribution in [0.3, 0.4) is 0 Å². The minimum atomic E-state index is -0.987. The van der Waals surface area contributed by atoms with Crippen molar-refractivity contribution in [3.63, 3.8) is 0 Å². The summed E-state index contributed by atoms with van der Waals surface area (Å²) in [6, 6.07) is 9.17. The van der Waals surface area contributed by atoms with Gasteiger partial charge in [-0.3, -0.25) is 4.79 Å². The van der Waals surface area contributed by atoms with E-state index in [1.54, 1.807) is 49.9 Å². The quantitative estimate of drug-likeness (QED) is 0.393. The summed E-state index contributed by atoms with van der Waals surface area (Å²) in [5.41, 5.74) is 2.73. The molecule has 0 amide bonds. The van der Waals surface area contributed by atoms with Crippen LogP contribution in [0.4, 0.5) is 0 Å². The Labute approximate surface area is 164 Å². The maximum Gasteiger partial charge on any atom is 0.336 e. The Morgan fingerprint density at radius 2 is 1.78 bits per heavy atom. The summed E-state index contributed by atoms with van der Waals surface area (Å²) >= 11 is 1.62. The van der Waals surface area contributed by atoms with Crippen LogP contribution >= 0.6 is 11.8 Å². The average Bonchev–Trinajstić information content (AvgIpc) is 2.61. The van der Waals surface area contributed by atoms with Gasteiger partial charge in [-0.1, -0.05) is 0 Å². The van der Waals surface area contributed by atoms with Crippen molar-refractivity contribution in [2.45, 2.75) is 38.7 Å². The first kappa shape index (κ1) is 20.8. The molecule has 0 atom stereocenters. The molecule has 0 heterocycles. The number of carboxylic acids is 1. The molecular formula is C22H24O4S. The Bertz CT molecular complexity index is 880. The van der Waals surface area contributed by atoms with Gasteiger partial charge in [0.2, 0.25) is 0 Å². The van der Waals surface area contributed by atoms with E-state index in [9.17, 15) is 14.7 Å². The topological polar surface area (TPSA) is 63.6 Å². The predicted octanol–water partition coefficient (Wildman–Crippen LogP) is 5.41. The lowest BCUT2D eigenvalue weighted by atomic mass is 9.97. The van der Waals surface area contributed by atoms with Crippen molar-refractivity contribution in [1.29, 1.82) is 0 Å². The van der Waals surface area contributed by atoms with Crippen molar-refractivity contribution in [2.75, 3.05) is 6.26 Å². The molecule has 0 saturated carbocycles. The van der Waals surface area contributed by atoms with E-state index in [1.807, 2.05) is 32.2 Å². The number of ketones is 1. The van der Waals surface area contributed by atoms with Gasteiger partial charge in [-0.25, -0.2) is 4.79 Å². The highest BCUT2D eigenvalue weighted by molar-refractivity contribution is 7.98. The van der Waals surface area contributed by atoms with E-state index in [1.165, 1.54) is 6.08 Å². The first-order chi connectivity index (χ1) is 12.7. The van der Waals surface area contributed by atoms with Gasteiger partial charge < -0.3 is 9.84 Å². The Balaban J connectivity index is 2.42. The van der Waals surface area contributed by atoms with Crippen LogP contribution in [0.15, 0.2) is 41.3 Å². The van der Waals surface area contributed by atoms with E-state index in [2.05, 4.69) is 0 Å².